The van der Waals surface area contributed by atoms with E-state index < -0.39 is 0 Å². The van der Waals surface area contributed by atoms with Gasteiger partial charge in [-0.25, -0.2) is 5.43 Å². The minimum atomic E-state index is -0.208. The van der Waals surface area contributed by atoms with Crippen molar-refractivity contribution in [3.63, 3.8) is 0 Å². The van der Waals surface area contributed by atoms with Gasteiger partial charge in [0.15, 0.2) is 11.5 Å². The molecule has 1 amide bonds. The van der Waals surface area contributed by atoms with E-state index >= 15 is 0 Å². The predicted molar refractivity (Wildman–Crippen MR) is 131 cm³/mol. The van der Waals surface area contributed by atoms with E-state index in [1.165, 1.54) is 5.56 Å². The molecule has 0 aliphatic carbocycles. The summed E-state index contributed by atoms with van der Waals surface area (Å²) >= 11 is 1.58. The second-order valence-corrected chi connectivity index (χ2v) is 8.42. The van der Waals surface area contributed by atoms with Crippen molar-refractivity contribution in [3.05, 3.63) is 95.6 Å². The Kier molecular flexibility index (Phi) is 9.20. The highest BCUT2D eigenvalue weighted by atomic mass is 32.2. The molecule has 0 aliphatic heterocycles. The van der Waals surface area contributed by atoms with Gasteiger partial charge in [-0.1, -0.05) is 60.7 Å². The number of ether oxygens (including phenoxy) is 2. The fourth-order valence-electron chi connectivity index (χ4n) is 2.86. The highest BCUT2D eigenvalue weighted by Crippen LogP contribution is 2.29. The first-order chi connectivity index (χ1) is 15.7. The second kappa shape index (κ2) is 12.6. The molecule has 3 rings (SSSR count). The summed E-state index contributed by atoms with van der Waals surface area (Å²) < 4.78 is 11.7. The molecule has 32 heavy (non-hydrogen) atoms. The fourth-order valence-corrected chi connectivity index (χ4v) is 3.70. The van der Waals surface area contributed by atoms with Gasteiger partial charge in [-0.3, -0.25) is 4.79 Å². The van der Waals surface area contributed by atoms with Crippen molar-refractivity contribution in [2.75, 3.05) is 6.61 Å². The number of carbonyl (C=O) groups excluding carboxylic acids is 1. The third-order valence-electron chi connectivity index (χ3n) is 4.61. The monoisotopic (exact) mass is 448 g/mol. The first-order valence-corrected chi connectivity index (χ1v) is 11.6. The standard InChI is InChI=1S/C26H28N2O3S/c1-3-30-25-16-23(14-15-24(25)31-18-21-10-6-4-7-11-21)17-27-28-26(29)20(2)32-19-22-12-8-5-9-13-22/h4-17,20H,3,18-19H2,1-2H3,(H,28,29)/b27-17-/t20-/m0/s1. The molecule has 3 aromatic rings. The van der Waals surface area contributed by atoms with E-state index in [1.807, 2.05) is 80.6 Å². The molecule has 0 bridgehead atoms. The number of thioether (sulfide) groups is 1. The number of hydrazone groups is 1. The zero-order chi connectivity index (χ0) is 22.6. The molecule has 6 heteroatoms. The zero-order valence-corrected chi connectivity index (χ0v) is 19.2. The molecule has 3 aromatic carbocycles. The Hall–Kier alpha value is -3.25. The Balaban J connectivity index is 1.53. The van der Waals surface area contributed by atoms with Crippen LogP contribution in [-0.2, 0) is 17.2 Å². The van der Waals surface area contributed by atoms with E-state index in [4.69, 9.17) is 9.47 Å². The lowest BCUT2D eigenvalue weighted by molar-refractivity contribution is -0.120. The molecule has 0 saturated carbocycles. The van der Waals surface area contributed by atoms with Gasteiger partial charge in [0.05, 0.1) is 18.1 Å². The zero-order valence-electron chi connectivity index (χ0n) is 18.4. The molecule has 0 spiro atoms. The number of benzene rings is 3. The van der Waals surface area contributed by atoms with Crippen molar-refractivity contribution in [1.29, 1.82) is 0 Å². The largest absolute Gasteiger partial charge is 0.490 e. The van der Waals surface area contributed by atoms with Crippen LogP contribution in [0.25, 0.3) is 0 Å². The molecule has 0 heterocycles. The predicted octanol–water partition coefficient (Wildman–Crippen LogP) is 5.44. The van der Waals surface area contributed by atoms with Crippen molar-refractivity contribution in [1.82, 2.24) is 5.43 Å². The molecule has 1 N–H and O–H groups in total. The topological polar surface area (TPSA) is 59.9 Å². The SMILES string of the molecule is CCOc1cc(/C=N\NC(=O)[C@H](C)SCc2ccccc2)ccc1OCc1ccccc1. The lowest BCUT2D eigenvalue weighted by Crippen LogP contribution is -2.27. The number of nitrogens with zero attached hydrogens (tertiary/aromatic N) is 1. The van der Waals surface area contributed by atoms with Crippen LogP contribution in [0.4, 0.5) is 0 Å². The van der Waals surface area contributed by atoms with Crippen molar-refractivity contribution >= 4 is 23.9 Å². The van der Waals surface area contributed by atoms with Crippen LogP contribution < -0.4 is 14.9 Å². The Labute approximate surface area is 193 Å². The molecular formula is C26H28N2O3S. The molecule has 0 radical (unpaired) electrons. The summed E-state index contributed by atoms with van der Waals surface area (Å²) in [5.74, 6) is 1.96. The average Bonchev–Trinajstić information content (AvgIpc) is 2.83. The van der Waals surface area contributed by atoms with Gasteiger partial charge in [0.1, 0.15) is 6.61 Å². The quantitative estimate of drug-likeness (QED) is 0.314. The third-order valence-corrected chi connectivity index (χ3v) is 5.82. The first kappa shape index (κ1) is 23.4. The normalized spacial score (nSPS) is 11.8. The number of amides is 1. The van der Waals surface area contributed by atoms with E-state index in [0.29, 0.717) is 24.7 Å². The van der Waals surface area contributed by atoms with E-state index in [1.54, 1.807) is 18.0 Å². The van der Waals surface area contributed by atoms with Gasteiger partial charge in [-0.05, 0) is 48.7 Å². The van der Waals surface area contributed by atoms with Gasteiger partial charge in [0, 0.05) is 5.75 Å². The molecule has 0 aromatic heterocycles. The first-order valence-electron chi connectivity index (χ1n) is 10.6. The summed E-state index contributed by atoms with van der Waals surface area (Å²) in [6, 6.07) is 25.7. The van der Waals surface area contributed by atoms with Crippen LogP contribution in [0, 0.1) is 0 Å². The summed E-state index contributed by atoms with van der Waals surface area (Å²) in [5.41, 5.74) is 5.71. The van der Waals surface area contributed by atoms with Crippen LogP contribution in [0.3, 0.4) is 0 Å². The van der Waals surface area contributed by atoms with Crippen molar-refractivity contribution in [2.24, 2.45) is 5.10 Å². The lowest BCUT2D eigenvalue weighted by atomic mass is 10.2. The van der Waals surface area contributed by atoms with Gasteiger partial charge in [-0.2, -0.15) is 5.10 Å². The van der Waals surface area contributed by atoms with Crippen LogP contribution in [0.5, 0.6) is 11.5 Å². The average molecular weight is 449 g/mol. The molecule has 0 fully saturated rings. The van der Waals surface area contributed by atoms with E-state index in [0.717, 1.165) is 16.9 Å². The summed E-state index contributed by atoms with van der Waals surface area (Å²) in [4.78, 5) is 12.3. The van der Waals surface area contributed by atoms with Crippen molar-refractivity contribution < 1.29 is 14.3 Å². The molecular weight excluding hydrogens is 420 g/mol. The van der Waals surface area contributed by atoms with Gasteiger partial charge in [0.2, 0.25) is 0 Å². The van der Waals surface area contributed by atoms with E-state index in [9.17, 15) is 4.79 Å². The Morgan fingerprint density at radius 3 is 2.34 bits per heavy atom. The van der Waals surface area contributed by atoms with E-state index in [2.05, 4.69) is 22.7 Å². The Bertz CT molecular complexity index is 1010. The molecule has 0 saturated heterocycles. The number of hydrogen-bond donors (Lipinski definition) is 1. The van der Waals surface area contributed by atoms with Gasteiger partial charge < -0.3 is 9.47 Å². The minimum Gasteiger partial charge on any atom is -0.490 e. The molecule has 166 valence electrons. The van der Waals surface area contributed by atoms with E-state index in [-0.39, 0.29) is 11.2 Å². The smallest absolute Gasteiger partial charge is 0.252 e. The number of hydrogen-bond acceptors (Lipinski definition) is 5. The van der Waals surface area contributed by atoms with Gasteiger partial charge >= 0.3 is 0 Å². The van der Waals surface area contributed by atoms with Crippen molar-refractivity contribution in [2.45, 2.75) is 31.5 Å². The number of carbonyl (C=O) groups is 1. The molecule has 0 aliphatic rings. The van der Waals surface area contributed by atoms with Crippen molar-refractivity contribution in [3.8, 4) is 11.5 Å². The summed E-state index contributed by atoms with van der Waals surface area (Å²) in [6.45, 7) is 4.79. The van der Waals surface area contributed by atoms with Crippen LogP contribution in [0.15, 0.2) is 84.0 Å². The molecule has 0 unspecified atom stereocenters. The van der Waals surface area contributed by atoms with Gasteiger partial charge in [-0.15, -0.1) is 11.8 Å². The van der Waals surface area contributed by atoms with Gasteiger partial charge in [0.25, 0.3) is 5.91 Å². The fraction of sp³-hybridized carbons (Fsp3) is 0.231. The highest BCUT2D eigenvalue weighted by molar-refractivity contribution is 7.99. The second-order valence-electron chi connectivity index (χ2n) is 7.09. The Morgan fingerprint density at radius 1 is 0.969 bits per heavy atom. The highest BCUT2D eigenvalue weighted by Gasteiger charge is 2.12. The maximum Gasteiger partial charge on any atom is 0.252 e. The van der Waals surface area contributed by atoms with Crippen LogP contribution in [0.1, 0.15) is 30.5 Å². The maximum absolute atomic E-state index is 12.3. The molecule has 1 atom stereocenters. The maximum atomic E-state index is 12.3. The third kappa shape index (κ3) is 7.46. The minimum absolute atomic E-state index is 0.130. The van der Waals surface area contributed by atoms with Crippen LogP contribution in [0.2, 0.25) is 0 Å². The summed E-state index contributed by atoms with van der Waals surface area (Å²) in [6.07, 6.45) is 1.61. The molecule has 5 nitrogen and oxygen atoms in total. The lowest BCUT2D eigenvalue weighted by Gasteiger charge is -2.13. The summed E-state index contributed by atoms with van der Waals surface area (Å²) in [5, 5.41) is 3.90. The number of rotatable bonds is 11. The van der Waals surface area contributed by atoms with Crippen LogP contribution in [-0.4, -0.2) is 24.0 Å². The Morgan fingerprint density at radius 2 is 1.66 bits per heavy atom. The number of nitrogens with one attached hydrogen (secondary N) is 1. The summed E-state index contributed by atoms with van der Waals surface area (Å²) in [7, 11) is 0. The van der Waals surface area contributed by atoms with Crippen LogP contribution >= 0.6 is 11.8 Å².